The summed E-state index contributed by atoms with van der Waals surface area (Å²) in [5, 5.41) is 19.4. The van der Waals surface area contributed by atoms with Crippen molar-refractivity contribution in [1.82, 2.24) is 15.3 Å². The molecule has 3 rings (SSSR count). The predicted molar refractivity (Wildman–Crippen MR) is 69.3 cm³/mol. The molecule has 0 spiro atoms. The van der Waals surface area contributed by atoms with Crippen LogP contribution in [0.4, 0.5) is 4.79 Å². The van der Waals surface area contributed by atoms with Crippen LogP contribution >= 0.6 is 0 Å². The van der Waals surface area contributed by atoms with Crippen LogP contribution in [0.1, 0.15) is 19.3 Å². The van der Waals surface area contributed by atoms with Gasteiger partial charge in [0.05, 0.1) is 25.2 Å². The number of hydrogen-bond acceptors (Lipinski definition) is 7. The van der Waals surface area contributed by atoms with E-state index in [-0.39, 0.29) is 18.0 Å². The van der Waals surface area contributed by atoms with Crippen LogP contribution in [0.3, 0.4) is 0 Å². The zero-order valence-electron chi connectivity index (χ0n) is 11.8. The molecule has 124 valence electrons. The maximum absolute atomic E-state index is 12.3. The summed E-state index contributed by atoms with van der Waals surface area (Å²) in [6.07, 6.45) is 2.13. The molecule has 3 atom stereocenters. The fourth-order valence-electron chi connectivity index (χ4n) is 3.22. The number of hydroxylamine groups is 2. The van der Waals surface area contributed by atoms with Crippen LogP contribution < -0.4 is 15.9 Å². The number of amides is 3. The van der Waals surface area contributed by atoms with Gasteiger partial charge >= 0.3 is 6.03 Å². The average Bonchev–Trinajstić information content (AvgIpc) is 3.13. The maximum atomic E-state index is 12.3. The fraction of sp³-hybridized carbons (Fsp3) is 0.818. The highest BCUT2D eigenvalue weighted by Gasteiger charge is 2.48. The third-order valence-corrected chi connectivity index (χ3v) is 4.25. The van der Waals surface area contributed by atoms with Gasteiger partial charge in [0.15, 0.2) is 12.5 Å². The van der Waals surface area contributed by atoms with Gasteiger partial charge in [-0.3, -0.25) is 9.83 Å². The highest BCUT2D eigenvalue weighted by Crippen LogP contribution is 2.30. The number of carbonyl (C=O) groups excluding carboxylic acids is 2. The lowest BCUT2D eigenvalue weighted by Crippen LogP contribution is -2.82. The van der Waals surface area contributed by atoms with Gasteiger partial charge in [-0.2, -0.15) is 9.27 Å². The predicted octanol–water partition coefficient (Wildman–Crippen LogP) is -3.49. The Morgan fingerprint density at radius 1 is 1.36 bits per heavy atom. The van der Waals surface area contributed by atoms with Gasteiger partial charge in [0, 0.05) is 13.0 Å². The first-order valence-corrected chi connectivity index (χ1v) is 7.39. The number of urea groups is 1. The first-order valence-electron chi connectivity index (χ1n) is 7.06. The molecule has 0 aromatic rings. The van der Waals surface area contributed by atoms with Crippen molar-refractivity contribution < 1.29 is 34.4 Å². The smallest absolute Gasteiger partial charge is 0.347 e. The zero-order valence-corrected chi connectivity index (χ0v) is 12.6. The van der Waals surface area contributed by atoms with E-state index in [9.17, 15) is 14.8 Å². The van der Waals surface area contributed by atoms with Gasteiger partial charge in [0.2, 0.25) is 5.91 Å². The minimum Gasteiger partial charge on any atom is -0.690 e. The van der Waals surface area contributed by atoms with E-state index in [1.807, 2.05) is 0 Å². The van der Waals surface area contributed by atoms with Crippen molar-refractivity contribution in [2.75, 3.05) is 19.6 Å². The van der Waals surface area contributed by atoms with Crippen molar-refractivity contribution in [3.8, 4) is 0 Å². The molecule has 3 aliphatic heterocycles. The molecule has 3 aliphatic rings. The molecule has 3 N–H and O–H groups in total. The summed E-state index contributed by atoms with van der Waals surface area (Å²) in [5.41, 5.74) is 0. The second-order valence-corrected chi connectivity index (χ2v) is 5.46. The van der Waals surface area contributed by atoms with Crippen LogP contribution in [0.15, 0.2) is 0 Å². The molecule has 3 heterocycles. The van der Waals surface area contributed by atoms with Crippen molar-refractivity contribution in [3.63, 3.8) is 0 Å². The lowest BCUT2D eigenvalue weighted by atomic mass is 10.00. The minimum atomic E-state index is -0.486. The van der Waals surface area contributed by atoms with E-state index in [0.29, 0.717) is 19.4 Å². The zero-order chi connectivity index (χ0) is 16.1. The molecule has 2 unspecified atom stereocenters. The van der Waals surface area contributed by atoms with Crippen LogP contribution in [0.5, 0.6) is 0 Å². The molecule has 0 saturated carbocycles. The Balaban J connectivity index is 0.000000847. The second kappa shape index (κ2) is 7.74. The van der Waals surface area contributed by atoms with Gasteiger partial charge in [-0.15, -0.1) is 4.99 Å². The largest absolute Gasteiger partial charge is 0.690 e. The first kappa shape index (κ1) is 17.0. The van der Waals surface area contributed by atoms with Gasteiger partial charge in [-0.25, -0.2) is 4.79 Å². The molecule has 2 bridgehead atoms. The molecule has 0 aromatic heterocycles. The molecule has 3 fully saturated rings. The Morgan fingerprint density at radius 2 is 2.14 bits per heavy atom. The maximum Gasteiger partial charge on any atom is 0.347 e. The van der Waals surface area contributed by atoms with Gasteiger partial charge in [-0.1, -0.05) is 0 Å². The van der Waals surface area contributed by atoms with Crippen molar-refractivity contribution in [2.45, 2.75) is 37.4 Å². The Labute approximate surface area is 132 Å². The summed E-state index contributed by atoms with van der Waals surface area (Å²) in [6.45, 7) is 2.29. The van der Waals surface area contributed by atoms with Crippen LogP contribution in [-0.2, 0) is 27.4 Å². The Bertz CT molecular complexity index is 421. The Hall–Kier alpha value is -1.40. The summed E-state index contributed by atoms with van der Waals surface area (Å²) >= 11 is 2.83. The molecule has 0 radical (unpaired) electrons. The van der Waals surface area contributed by atoms with Crippen molar-refractivity contribution in [2.24, 2.45) is 0 Å². The summed E-state index contributed by atoms with van der Waals surface area (Å²) in [4.78, 5) is 30.1. The lowest BCUT2D eigenvalue weighted by Gasteiger charge is -2.29. The van der Waals surface area contributed by atoms with E-state index in [1.165, 1.54) is 4.90 Å². The lowest BCUT2D eigenvalue weighted by molar-refractivity contribution is -0.823. The van der Waals surface area contributed by atoms with E-state index in [2.05, 4.69) is 33.2 Å². The van der Waals surface area contributed by atoms with Gasteiger partial charge in [0.1, 0.15) is 6.04 Å². The van der Waals surface area contributed by atoms with Crippen LogP contribution in [-0.4, -0.2) is 63.9 Å². The number of hydrogen-bond donors (Lipinski definition) is 2. The molecule has 22 heavy (non-hydrogen) atoms. The molecule has 0 aliphatic carbocycles. The average molecular weight is 334 g/mol. The van der Waals surface area contributed by atoms with E-state index >= 15 is 0 Å². The minimum absolute atomic E-state index is 0.123. The van der Waals surface area contributed by atoms with Gasteiger partial charge < -0.3 is 20.8 Å². The van der Waals surface area contributed by atoms with Crippen molar-refractivity contribution in [3.05, 3.63) is 0 Å². The number of quaternary nitrogens is 1. The van der Waals surface area contributed by atoms with E-state index in [4.69, 9.17) is 4.21 Å². The monoisotopic (exact) mass is 334 g/mol. The summed E-state index contributed by atoms with van der Waals surface area (Å²) < 4.78 is 7.83. The first-order chi connectivity index (χ1) is 10.7. The fourth-order valence-corrected chi connectivity index (χ4v) is 3.22. The van der Waals surface area contributed by atoms with Crippen LogP contribution in [0.25, 0.3) is 0 Å². The third-order valence-electron chi connectivity index (χ3n) is 4.25. The quantitative estimate of drug-likeness (QED) is 0.403. The number of rotatable bonds is 4. The van der Waals surface area contributed by atoms with Crippen LogP contribution in [0.2, 0.25) is 0 Å². The number of nitrogens with two attached hydrogens (primary N) is 1. The summed E-state index contributed by atoms with van der Waals surface area (Å²) in [7, 11) is 0. The Kier molecular flexibility index (Phi) is 5.97. The van der Waals surface area contributed by atoms with Crippen LogP contribution in [0, 0.1) is 0 Å². The van der Waals surface area contributed by atoms with Crippen molar-refractivity contribution >= 4 is 24.5 Å². The molecule has 3 amide bonds. The normalized spacial score (nSPS) is 30.0. The summed E-state index contributed by atoms with van der Waals surface area (Å²) in [5.74, 6) is -0.123. The number of nitrogens with zero attached hydrogens (tertiary/aromatic N) is 2. The molecule has 0 aromatic carbocycles. The number of carbonyl (C=O) groups is 2. The highest BCUT2D eigenvalue weighted by atomic mass is 32.1. The topological polar surface area (TPSA) is 128 Å². The molecule has 11 heteroatoms. The van der Waals surface area contributed by atoms with Gasteiger partial charge in [-0.05, 0) is 12.8 Å². The van der Waals surface area contributed by atoms with E-state index < -0.39 is 12.1 Å². The SMILES string of the molecule is O=C(NC1CC[NH2+]C1)[C@@H]1CCC2CN1C(=O)N2OO[O-].O=S. The highest BCUT2D eigenvalue weighted by molar-refractivity contribution is 7.44. The standard InChI is InChI=1S/C11H18N4O5.OS/c16-10(13-7-3-4-12-5-7)9-2-1-8-6-14(9)11(17)15(8)19-20-18;1-2/h7-9,12,18H,1-6H2,(H,13,16);/t7?,8?,9-;/m0./s1. The van der Waals surface area contributed by atoms with Crippen molar-refractivity contribution in [1.29, 1.82) is 0 Å². The third kappa shape index (κ3) is 3.33. The molecular weight excluding hydrogens is 316 g/mol. The number of nitrogens with one attached hydrogen (secondary N) is 1. The molecule has 10 nitrogen and oxygen atoms in total. The molecular formula is C11H18N4O6S. The summed E-state index contributed by atoms with van der Waals surface area (Å²) in [6, 6.07) is -1.02. The van der Waals surface area contributed by atoms with E-state index in [0.717, 1.165) is 24.6 Å². The van der Waals surface area contributed by atoms with E-state index in [1.54, 1.807) is 0 Å². The second-order valence-electron chi connectivity index (χ2n) is 5.46. The Morgan fingerprint density at radius 3 is 2.77 bits per heavy atom. The number of piperidine rings is 1. The van der Waals surface area contributed by atoms with Gasteiger partial charge in [0.25, 0.3) is 0 Å². The number of fused-ring (bicyclic) bond motifs is 2. The molecule has 3 saturated heterocycles.